The van der Waals surface area contributed by atoms with Crippen molar-refractivity contribution in [2.24, 2.45) is 0 Å². The van der Waals surface area contributed by atoms with Crippen LogP contribution in [0.5, 0.6) is 0 Å². The van der Waals surface area contributed by atoms with Crippen LogP contribution in [0.3, 0.4) is 0 Å². The molecule has 0 spiro atoms. The first kappa shape index (κ1) is 18.0. The maximum atomic E-state index is 12.8. The lowest BCUT2D eigenvalue weighted by atomic mass is 10.2. The van der Waals surface area contributed by atoms with E-state index in [9.17, 15) is 8.42 Å². The molecule has 1 aromatic carbocycles. The first-order valence-electron chi connectivity index (χ1n) is 6.73. The number of hydrogen-bond acceptors (Lipinski definition) is 2. The zero-order valence-corrected chi connectivity index (χ0v) is 15.3. The molecule has 0 N–H and O–H groups in total. The van der Waals surface area contributed by atoms with Gasteiger partial charge in [0.2, 0.25) is 10.0 Å². The van der Waals surface area contributed by atoms with Crippen molar-refractivity contribution in [3.05, 3.63) is 27.7 Å². The van der Waals surface area contributed by atoms with Crippen molar-refractivity contribution >= 4 is 37.6 Å². The van der Waals surface area contributed by atoms with E-state index in [1.165, 1.54) is 4.31 Å². The second-order valence-corrected chi connectivity index (χ2v) is 7.68. The number of nitrogens with zero attached hydrogens (tertiary/aromatic N) is 1. The topological polar surface area (TPSA) is 37.4 Å². The summed E-state index contributed by atoms with van der Waals surface area (Å²) < 4.78 is 27.7. The van der Waals surface area contributed by atoms with E-state index in [2.05, 4.69) is 22.9 Å². The average molecular weight is 383 g/mol. The Labute approximate surface area is 135 Å². The van der Waals surface area contributed by atoms with Crippen LogP contribution in [0.1, 0.15) is 37.8 Å². The molecule has 0 aliphatic rings. The minimum Gasteiger partial charge on any atom is -0.207 e. The number of sulfonamides is 1. The summed E-state index contributed by atoms with van der Waals surface area (Å²) in [6.07, 6.45) is 1.83. The summed E-state index contributed by atoms with van der Waals surface area (Å²) in [6, 6.07) is 3.56. The van der Waals surface area contributed by atoms with E-state index in [1.807, 2.05) is 19.9 Å². The van der Waals surface area contributed by atoms with Crippen LogP contribution in [0.15, 0.2) is 21.5 Å². The Morgan fingerprint density at radius 1 is 1.30 bits per heavy atom. The van der Waals surface area contributed by atoms with Crippen LogP contribution in [0, 0.1) is 6.92 Å². The van der Waals surface area contributed by atoms with Gasteiger partial charge in [-0.15, -0.1) is 11.6 Å². The second kappa shape index (κ2) is 7.78. The highest BCUT2D eigenvalue weighted by molar-refractivity contribution is 9.10. The molecule has 0 bridgehead atoms. The number of rotatable bonds is 7. The molecule has 0 saturated carbocycles. The number of benzene rings is 1. The Morgan fingerprint density at radius 3 is 2.45 bits per heavy atom. The molecule has 1 rings (SSSR count). The Kier molecular flexibility index (Phi) is 6.98. The van der Waals surface area contributed by atoms with Crippen molar-refractivity contribution in [3.63, 3.8) is 0 Å². The molecule has 0 aromatic heterocycles. The van der Waals surface area contributed by atoms with E-state index < -0.39 is 10.0 Å². The lowest BCUT2D eigenvalue weighted by molar-refractivity contribution is 0.418. The zero-order valence-electron chi connectivity index (χ0n) is 12.1. The van der Waals surface area contributed by atoms with Gasteiger partial charge in [0.25, 0.3) is 0 Å². The van der Waals surface area contributed by atoms with Crippen LogP contribution in [0.4, 0.5) is 0 Å². The Morgan fingerprint density at radius 2 is 1.95 bits per heavy atom. The van der Waals surface area contributed by atoms with Gasteiger partial charge < -0.3 is 0 Å². The van der Waals surface area contributed by atoms with Crippen molar-refractivity contribution in [2.45, 2.75) is 44.4 Å². The van der Waals surface area contributed by atoms with Gasteiger partial charge in [0.05, 0.1) is 4.90 Å². The Hall–Kier alpha value is -0.100. The van der Waals surface area contributed by atoms with E-state index in [0.717, 1.165) is 24.0 Å². The third-order valence-corrected chi connectivity index (χ3v) is 6.79. The van der Waals surface area contributed by atoms with E-state index in [0.29, 0.717) is 28.3 Å². The SMILES string of the molecule is CCCCN(CC)S(=O)(=O)c1cc(CCl)cc(C)c1Br. The van der Waals surface area contributed by atoms with Gasteiger partial charge in [-0.1, -0.05) is 26.3 Å². The van der Waals surface area contributed by atoms with E-state index in [-0.39, 0.29) is 0 Å². The molecule has 0 saturated heterocycles. The summed E-state index contributed by atoms with van der Waals surface area (Å²) in [6.45, 7) is 6.81. The van der Waals surface area contributed by atoms with Crippen LogP contribution in [0.2, 0.25) is 0 Å². The average Bonchev–Trinajstić information content (AvgIpc) is 2.42. The number of hydrogen-bond donors (Lipinski definition) is 0. The quantitative estimate of drug-likeness (QED) is 0.659. The van der Waals surface area contributed by atoms with Crippen molar-refractivity contribution in [3.8, 4) is 0 Å². The number of unbranched alkanes of at least 4 members (excludes halogenated alkanes) is 1. The predicted molar refractivity (Wildman–Crippen MR) is 87.8 cm³/mol. The van der Waals surface area contributed by atoms with Gasteiger partial charge in [-0.05, 0) is 46.5 Å². The lowest BCUT2D eigenvalue weighted by Crippen LogP contribution is -2.32. The summed E-state index contributed by atoms with van der Waals surface area (Å²) in [5, 5.41) is 0. The summed E-state index contributed by atoms with van der Waals surface area (Å²) in [5.41, 5.74) is 1.70. The largest absolute Gasteiger partial charge is 0.244 e. The standard InChI is InChI=1S/C14H21BrClNO2S/c1-4-6-7-17(5-2)20(18,19)13-9-12(10-16)8-11(3)14(13)15/h8-9H,4-7,10H2,1-3H3. The predicted octanol–water partition coefficient (Wildman–Crippen LogP) is 4.31. The molecule has 0 atom stereocenters. The summed E-state index contributed by atoms with van der Waals surface area (Å²) in [4.78, 5) is 0.311. The molecule has 0 amide bonds. The zero-order chi connectivity index (χ0) is 15.3. The highest BCUT2D eigenvalue weighted by Crippen LogP contribution is 2.30. The molecular weight excluding hydrogens is 362 g/mol. The number of alkyl halides is 1. The van der Waals surface area contributed by atoms with Crippen LogP contribution in [0.25, 0.3) is 0 Å². The van der Waals surface area contributed by atoms with Gasteiger partial charge in [0.1, 0.15) is 0 Å². The first-order chi connectivity index (χ1) is 9.38. The van der Waals surface area contributed by atoms with Gasteiger partial charge in [-0.2, -0.15) is 4.31 Å². The van der Waals surface area contributed by atoms with Gasteiger partial charge in [0.15, 0.2) is 0 Å². The molecule has 0 fully saturated rings. The monoisotopic (exact) mass is 381 g/mol. The van der Waals surface area contributed by atoms with E-state index in [4.69, 9.17) is 11.6 Å². The van der Waals surface area contributed by atoms with E-state index in [1.54, 1.807) is 6.07 Å². The molecule has 0 radical (unpaired) electrons. The highest BCUT2D eigenvalue weighted by Gasteiger charge is 2.26. The summed E-state index contributed by atoms with van der Waals surface area (Å²) in [7, 11) is -3.48. The number of halogens is 2. The molecule has 6 heteroatoms. The highest BCUT2D eigenvalue weighted by atomic mass is 79.9. The molecule has 0 aliphatic heterocycles. The van der Waals surface area contributed by atoms with Crippen LogP contribution >= 0.6 is 27.5 Å². The lowest BCUT2D eigenvalue weighted by Gasteiger charge is -2.22. The van der Waals surface area contributed by atoms with Gasteiger partial charge in [-0.3, -0.25) is 0 Å². The van der Waals surface area contributed by atoms with E-state index >= 15 is 0 Å². The van der Waals surface area contributed by atoms with Crippen molar-refractivity contribution in [2.75, 3.05) is 13.1 Å². The fraction of sp³-hybridized carbons (Fsp3) is 0.571. The molecule has 0 heterocycles. The molecule has 1 aromatic rings. The Bertz CT molecular complexity index is 561. The fourth-order valence-electron chi connectivity index (χ4n) is 2.00. The minimum atomic E-state index is -3.48. The maximum Gasteiger partial charge on any atom is 0.244 e. The Balaban J connectivity index is 3.29. The molecular formula is C14H21BrClNO2S. The molecule has 0 unspecified atom stereocenters. The van der Waals surface area contributed by atoms with Crippen LogP contribution in [-0.2, 0) is 15.9 Å². The minimum absolute atomic E-state index is 0.303. The summed E-state index contributed by atoms with van der Waals surface area (Å²) in [5.74, 6) is 0.303. The van der Waals surface area contributed by atoms with Crippen molar-refractivity contribution in [1.29, 1.82) is 0 Å². The smallest absolute Gasteiger partial charge is 0.207 e. The third-order valence-electron chi connectivity index (χ3n) is 3.17. The van der Waals surface area contributed by atoms with Gasteiger partial charge >= 0.3 is 0 Å². The third kappa shape index (κ3) is 3.97. The summed E-state index contributed by atoms with van der Waals surface area (Å²) >= 11 is 9.24. The normalized spacial score (nSPS) is 12.1. The van der Waals surface area contributed by atoms with Crippen LogP contribution in [-0.4, -0.2) is 25.8 Å². The van der Waals surface area contributed by atoms with Crippen LogP contribution < -0.4 is 0 Å². The molecule has 114 valence electrons. The van der Waals surface area contributed by atoms with Crippen molar-refractivity contribution < 1.29 is 8.42 Å². The first-order valence-corrected chi connectivity index (χ1v) is 9.50. The molecule has 0 aliphatic carbocycles. The van der Waals surface area contributed by atoms with Crippen molar-refractivity contribution in [1.82, 2.24) is 4.31 Å². The molecule has 20 heavy (non-hydrogen) atoms. The number of aryl methyl sites for hydroxylation is 1. The van der Waals surface area contributed by atoms with Gasteiger partial charge in [-0.25, -0.2) is 8.42 Å². The fourth-order valence-corrected chi connectivity index (χ4v) is 4.67. The van der Waals surface area contributed by atoms with Gasteiger partial charge in [0, 0.05) is 23.4 Å². The maximum absolute atomic E-state index is 12.8. The molecule has 3 nitrogen and oxygen atoms in total. The second-order valence-electron chi connectivity index (χ2n) is 4.71.